The molecular formula is C28H36N4O6. The van der Waals surface area contributed by atoms with E-state index in [1.165, 1.54) is 30.9 Å². The second-order valence-corrected chi connectivity index (χ2v) is 9.17. The van der Waals surface area contributed by atoms with Gasteiger partial charge < -0.3 is 20.1 Å². The molecule has 1 atom stereocenters. The lowest BCUT2D eigenvalue weighted by atomic mass is 10.1. The molecule has 0 fully saturated rings. The number of carbonyl (C=O) groups excluding carboxylic acids is 2. The number of ether oxygens (including phenoxy) is 2. The molecule has 0 unspecified atom stereocenters. The van der Waals surface area contributed by atoms with Gasteiger partial charge in [-0.05, 0) is 43.5 Å². The molecule has 0 aliphatic carbocycles. The highest BCUT2D eigenvalue weighted by atomic mass is 16.5. The lowest BCUT2D eigenvalue weighted by Crippen LogP contribution is -2.43. The molecule has 2 aromatic carbocycles. The number of carbonyl (C=O) groups is 2. The molecule has 0 radical (unpaired) electrons. The van der Waals surface area contributed by atoms with E-state index in [1.807, 2.05) is 20.8 Å². The first-order chi connectivity index (χ1) is 18.2. The van der Waals surface area contributed by atoms with Gasteiger partial charge >= 0.3 is 5.69 Å². The van der Waals surface area contributed by atoms with Crippen LogP contribution >= 0.6 is 0 Å². The van der Waals surface area contributed by atoms with Crippen LogP contribution in [0.15, 0.2) is 46.0 Å². The van der Waals surface area contributed by atoms with Crippen LogP contribution in [0.5, 0.6) is 11.5 Å². The minimum atomic E-state index is -0.626. The van der Waals surface area contributed by atoms with Gasteiger partial charge in [0.05, 0.1) is 31.7 Å². The molecule has 38 heavy (non-hydrogen) atoms. The number of nitrogens with zero attached hydrogens (tertiary/aromatic N) is 2. The van der Waals surface area contributed by atoms with Crippen LogP contribution in [0.4, 0.5) is 0 Å². The lowest BCUT2D eigenvalue weighted by Gasteiger charge is -2.16. The van der Waals surface area contributed by atoms with Crippen molar-refractivity contribution in [3.8, 4) is 11.5 Å². The van der Waals surface area contributed by atoms with Gasteiger partial charge in [0.2, 0.25) is 5.91 Å². The van der Waals surface area contributed by atoms with Gasteiger partial charge in [-0.1, -0.05) is 32.4 Å². The molecule has 0 saturated carbocycles. The minimum Gasteiger partial charge on any atom is -0.493 e. The average Bonchev–Trinajstić information content (AvgIpc) is 2.92. The Morgan fingerprint density at radius 3 is 2.24 bits per heavy atom. The van der Waals surface area contributed by atoms with Crippen molar-refractivity contribution in [2.45, 2.75) is 59.2 Å². The summed E-state index contributed by atoms with van der Waals surface area (Å²) < 4.78 is 13.1. The molecule has 3 rings (SSSR count). The highest BCUT2D eigenvalue weighted by Gasteiger charge is 2.19. The fourth-order valence-electron chi connectivity index (χ4n) is 3.99. The SMILES string of the molecule is CCCCNC(=O)Cn1c(=O)n(Cc2ccc(C(=O)N[C@@H](C)CC)cc2)c(=O)c2cc(OC)c(OC)cc21. The third kappa shape index (κ3) is 6.42. The molecule has 204 valence electrons. The molecule has 0 saturated heterocycles. The number of methoxy groups -OCH3 is 2. The van der Waals surface area contributed by atoms with Crippen LogP contribution in [-0.4, -0.2) is 47.8 Å². The van der Waals surface area contributed by atoms with E-state index in [0.717, 1.165) is 23.8 Å². The summed E-state index contributed by atoms with van der Waals surface area (Å²) in [5, 5.41) is 5.94. The van der Waals surface area contributed by atoms with Crippen molar-refractivity contribution in [1.29, 1.82) is 0 Å². The standard InChI is InChI=1S/C28H36N4O6/c1-6-8-13-29-25(33)17-31-22-15-24(38-5)23(37-4)14-21(22)27(35)32(28(31)36)16-19-9-11-20(12-10-19)26(34)30-18(3)7-2/h9-12,14-15,18H,6-8,13,16-17H2,1-5H3,(H,29,33)(H,30,34)/t18-/m0/s1. The molecule has 0 bridgehead atoms. The fraction of sp³-hybridized carbons (Fsp3) is 0.429. The zero-order valence-electron chi connectivity index (χ0n) is 22.6. The van der Waals surface area contributed by atoms with Crippen LogP contribution in [0, 0.1) is 0 Å². The predicted molar refractivity (Wildman–Crippen MR) is 146 cm³/mol. The van der Waals surface area contributed by atoms with Gasteiger partial charge in [0.25, 0.3) is 11.5 Å². The quantitative estimate of drug-likeness (QED) is 0.352. The number of aromatic nitrogens is 2. The first kappa shape index (κ1) is 28.5. The van der Waals surface area contributed by atoms with Crippen LogP contribution < -0.4 is 31.4 Å². The molecular weight excluding hydrogens is 488 g/mol. The van der Waals surface area contributed by atoms with Gasteiger partial charge in [-0.2, -0.15) is 0 Å². The molecule has 0 aliphatic rings. The summed E-state index contributed by atoms with van der Waals surface area (Å²) in [5.41, 5.74) is 0.267. The maximum absolute atomic E-state index is 13.6. The van der Waals surface area contributed by atoms with Crippen LogP contribution in [0.25, 0.3) is 10.9 Å². The van der Waals surface area contributed by atoms with E-state index in [9.17, 15) is 19.2 Å². The Morgan fingerprint density at radius 2 is 1.63 bits per heavy atom. The number of nitrogens with one attached hydrogen (secondary N) is 2. The highest BCUT2D eigenvalue weighted by Crippen LogP contribution is 2.30. The molecule has 0 aliphatic heterocycles. The number of unbranched alkanes of at least 4 members (excludes halogenated alkanes) is 1. The Labute approximate surface area is 221 Å². The van der Waals surface area contributed by atoms with E-state index in [2.05, 4.69) is 10.6 Å². The van der Waals surface area contributed by atoms with E-state index >= 15 is 0 Å². The second kappa shape index (κ2) is 12.9. The summed E-state index contributed by atoms with van der Waals surface area (Å²) in [7, 11) is 2.91. The Morgan fingerprint density at radius 1 is 0.974 bits per heavy atom. The van der Waals surface area contributed by atoms with Gasteiger partial charge in [-0.25, -0.2) is 4.79 Å². The van der Waals surface area contributed by atoms with E-state index in [0.29, 0.717) is 29.2 Å². The Balaban J connectivity index is 2.05. The van der Waals surface area contributed by atoms with E-state index in [4.69, 9.17) is 9.47 Å². The lowest BCUT2D eigenvalue weighted by molar-refractivity contribution is -0.121. The maximum atomic E-state index is 13.6. The predicted octanol–water partition coefficient (Wildman–Crippen LogP) is 2.67. The monoisotopic (exact) mass is 524 g/mol. The minimum absolute atomic E-state index is 0.0351. The second-order valence-electron chi connectivity index (χ2n) is 9.17. The molecule has 10 nitrogen and oxygen atoms in total. The number of rotatable bonds is 12. The third-order valence-electron chi connectivity index (χ3n) is 6.43. The normalized spacial score (nSPS) is 11.7. The van der Waals surface area contributed by atoms with E-state index in [1.54, 1.807) is 24.3 Å². The van der Waals surface area contributed by atoms with Crippen molar-refractivity contribution < 1.29 is 19.1 Å². The number of benzene rings is 2. The Kier molecular flexibility index (Phi) is 9.70. The van der Waals surface area contributed by atoms with Crippen molar-refractivity contribution in [1.82, 2.24) is 19.8 Å². The molecule has 1 heterocycles. The van der Waals surface area contributed by atoms with Crippen molar-refractivity contribution in [2.75, 3.05) is 20.8 Å². The van der Waals surface area contributed by atoms with Crippen molar-refractivity contribution in [2.24, 2.45) is 0 Å². The smallest absolute Gasteiger partial charge is 0.332 e. The number of amides is 2. The van der Waals surface area contributed by atoms with Crippen molar-refractivity contribution in [3.63, 3.8) is 0 Å². The molecule has 10 heteroatoms. The van der Waals surface area contributed by atoms with Crippen LogP contribution in [0.2, 0.25) is 0 Å². The summed E-state index contributed by atoms with van der Waals surface area (Å²) in [6.45, 7) is 6.14. The Bertz CT molecular complexity index is 1410. The zero-order valence-corrected chi connectivity index (χ0v) is 22.6. The largest absolute Gasteiger partial charge is 0.493 e. The van der Waals surface area contributed by atoms with Crippen LogP contribution in [0.1, 0.15) is 56.0 Å². The summed E-state index contributed by atoms with van der Waals surface area (Å²) in [4.78, 5) is 52.1. The van der Waals surface area contributed by atoms with Gasteiger partial charge in [0.15, 0.2) is 11.5 Å². The summed E-state index contributed by atoms with van der Waals surface area (Å²) in [6, 6.07) is 9.83. The van der Waals surface area contributed by atoms with Crippen molar-refractivity contribution >= 4 is 22.7 Å². The zero-order chi connectivity index (χ0) is 27.8. The number of hydrogen-bond acceptors (Lipinski definition) is 6. The molecule has 2 amide bonds. The third-order valence-corrected chi connectivity index (χ3v) is 6.43. The van der Waals surface area contributed by atoms with Gasteiger partial charge in [0, 0.05) is 24.2 Å². The number of fused-ring (bicyclic) bond motifs is 1. The van der Waals surface area contributed by atoms with E-state index in [-0.39, 0.29) is 41.8 Å². The topological polar surface area (TPSA) is 121 Å². The summed E-state index contributed by atoms with van der Waals surface area (Å²) in [5.74, 6) is 0.144. The Hall–Kier alpha value is -4.08. The van der Waals surface area contributed by atoms with Gasteiger partial charge in [-0.15, -0.1) is 0 Å². The molecule has 2 N–H and O–H groups in total. The van der Waals surface area contributed by atoms with Crippen LogP contribution in [0.3, 0.4) is 0 Å². The average molecular weight is 525 g/mol. The molecule has 0 spiro atoms. The van der Waals surface area contributed by atoms with Crippen molar-refractivity contribution in [3.05, 3.63) is 68.4 Å². The number of hydrogen-bond donors (Lipinski definition) is 2. The van der Waals surface area contributed by atoms with Crippen LogP contribution in [-0.2, 0) is 17.9 Å². The summed E-state index contributed by atoms with van der Waals surface area (Å²) in [6.07, 6.45) is 2.55. The maximum Gasteiger partial charge on any atom is 0.332 e. The van der Waals surface area contributed by atoms with E-state index < -0.39 is 11.2 Å². The molecule has 3 aromatic rings. The first-order valence-electron chi connectivity index (χ1n) is 12.8. The fourth-order valence-corrected chi connectivity index (χ4v) is 3.99. The first-order valence-corrected chi connectivity index (χ1v) is 12.8. The highest BCUT2D eigenvalue weighted by molar-refractivity contribution is 5.94. The van der Waals surface area contributed by atoms with Gasteiger partial charge in [-0.3, -0.25) is 23.5 Å². The summed E-state index contributed by atoms with van der Waals surface area (Å²) >= 11 is 0. The van der Waals surface area contributed by atoms with Gasteiger partial charge in [0.1, 0.15) is 6.54 Å². The molecule has 1 aromatic heterocycles.